The highest BCUT2D eigenvalue weighted by atomic mass is 16.5. The van der Waals surface area contributed by atoms with E-state index in [0.29, 0.717) is 24.0 Å². The van der Waals surface area contributed by atoms with E-state index in [4.69, 9.17) is 4.74 Å². The van der Waals surface area contributed by atoms with Gasteiger partial charge in [-0.05, 0) is 25.7 Å². The van der Waals surface area contributed by atoms with Gasteiger partial charge in [-0.3, -0.25) is 4.90 Å². The second-order valence-corrected chi connectivity index (χ2v) is 6.03. The fourth-order valence-corrected chi connectivity index (χ4v) is 2.98. The summed E-state index contributed by atoms with van der Waals surface area (Å²) in [4.78, 5) is 2.71. The molecule has 1 fully saturated rings. The van der Waals surface area contributed by atoms with Crippen LogP contribution in [-0.2, 0) is 4.74 Å². The van der Waals surface area contributed by atoms with Crippen LogP contribution >= 0.6 is 0 Å². The molecule has 3 heteroatoms. The van der Waals surface area contributed by atoms with Crippen LogP contribution in [0.3, 0.4) is 0 Å². The monoisotopic (exact) mass is 256 g/mol. The van der Waals surface area contributed by atoms with E-state index >= 15 is 0 Å². The fraction of sp³-hybridized carbons (Fsp3) is 1.00. The van der Waals surface area contributed by atoms with Crippen LogP contribution in [0, 0.1) is 5.92 Å². The second kappa shape index (κ2) is 8.13. The molecule has 3 unspecified atom stereocenters. The van der Waals surface area contributed by atoms with Crippen LogP contribution in [0.2, 0.25) is 0 Å². The van der Waals surface area contributed by atoms with Crippen molar-refractivity contribution < 1.29 is 4.74 Å². The zero-order chi connectivity index (χ0) is 13.5. The zero-order valence-corrected chi connectivity index (χ0v) is 12.9. The third-order valence-corrected chi connectivity index (χ3v) is 4.19. The number of hydrogen-bond acceptors (Lipinski definition) is 3. The summed E-state index contributed by atoms with van der Waals surface area (Å²) in [6.45, 7) is 12.5. The maximum Gasteiger partial charge on any atom is 0.0477 e. The van der Waals surface area contributed by atoms with Gasteiger partial charge in [-0.2, -0.15) is 0 Å². The minimum atomic E-state index is 0.624. The summed E-state index contributed by atoms with van der Waals surface area (Å²) in [5.74, 6) is 0.713. The normalized spacial score (nSPS) is 27.7. The minimum absolute atomic E-state index is 0.624. The molecular formula is C15H32N2O. The third-order valence-electron chi connectivity index (χ3n) is 4.19. The maximum atomic E-state index is 5.23. The quantitative estimate of drug-likeness (QED) is 0.757. The first kappa shape index (κ1) is 15.9. The number of nitrogens with one attached hydrogen (secondary N) is 1. The number of ether oxygens (including phenoxy) is 1. The molecule has 0 bridgehead atoms. The van der Waals surface area contributed by atoms with Gasteiger partial charge in [-0.25, -0.2) is 0 Å². The Bertz CT molecular complexity index is 221. The molecule has 1 N–H and O–H groups in total. The molecule has 3 nitrogen and oxygen atoms in total. The van der Waals surface area contributed by atoms with E-state index in [1.807, 2.05) is 0 Å². The Morgan fingerprint density at radius 3 is 2.61 bits per heavy atom. The molecule has 0 amide bonds. The van der Waals surface area contributed by atoms with Gasteiger partial charge in [-0.15, -0.1) is 0 Å². The summed E-state index contributed by atoms with van der Waals surface area (Å²) < 4.78 is 5.23. The third kappa shape index (κ3) is 4.52. The van der Waals surface area contributed by atoms with Crippen molar-refractivity contribution in [1.29, 1.82) is 0 Å². The van der Waals surface area contributed by atoms with Crippen LogP contribution in [0.15, 0.2) is 0 Å². The molecule has 0 aromatic heterocycles. The molecule has 0 spiro atoms. The average molecular weight is 256 g/mol. The van der Waals surface area contributed by atoms with Crippen molar-refractivity contribution in [2.75, 3.05) is 26.8 Å². The zero-order valence-electron chi connectivity index (χ0n) is 12.9. The van der Waals surface area contributed by atoms with Crippen molar-refractivity contribution in [1.82, 2.24) is 10.2 Å². The van der Waals surface area contributed by atoms with Crippen LogP contribution in [0.4, 0.5) is 0 Å². The molecule has 1 heterocycles. The Morgan fingerprint density at radius 1 is 1.33 bits per heavy atom. The van der Waals surface area contributed by atoms with Gasteiger partial charge >= 0.3 is 0 Å². The fourth-order valence-electron chi connectivity index (χ4n) is 2.98. The molecule has 0 aromatic rings. The van der Waals surface area contributed by atoms with Gasteiger partial charge in [0.15, 0.2) is 0 Å². The lowest BCUT2D eigenvalue weighted by Gasteiger charge is -2.45. The van der Waals surface area contributed by atoms with Crippen molar-refractivity contribution in [2.45, 2.75) is 65.1 Å². The van der Waals surface area contributed by atoms with E-state index < -0.39 is 0 Å². The van der Waals surface area contributed by atoms with E-state index in [1.54, 1.807) is 7.11 Å². The van der Waals surface area contributed by atoms with Crippen molar-refractivity contribution in [3.63, 3.8) is 0 Å². The van der Waals surface area contributed by atoms with Crippen LogP contribution in [0.5, 0.6) is 0 Å². The molecule has 0 aromatic carbocycles. The number of methoxy groups -OCH3 is 1. The van der Waals surface area contributed by atoms with E-state index in [-0.39, 0.29) is 0 Å². The van der Waals surface area contributed by atoms with E-state index in [2.05, 4.69) is 37.9 Å². The first-order chi connectivity index (χ1) is 8.60. The first-order valence-corrected chi connectivity index (χ1v) is 7.58. The summed E-state index contributed by atoms with van der Waals surface area (Å²) in [5, 5.41) is 3.72. The van der Waals surface area contributed by atoms with Crippen LogP contribution in [0.1, 0.15) is 47.0 Å². The SMILES string of the molecule is CCCC1CN(C(C)CCOC)C(C(C)C)CN1. The van der Waals surface area contributed by atoms with Gasteiger partial charge in [0, 0.05) is 44.9 Å². The molecule has 108 valence electrons. The molecule has 1 aliphatic rings. The summed E-state index contributed by atoms with van der Waals surface area (Å²) >= 11 is 0. The number of piperazine rings is 1. The second-order valence-electron chi connectivity index (χ2n) is 6.03. The van der Waals surface area contributed by atoms with Crippen molar-refractivity contribution in [3.05, 3.63) is 0 Å². The maximum absolute atomic E-state index is 5.23. The van der Waals surface area contributed by atoms with Crippen molar-refractivity contribution in [3.8, 4) is 0 Å². The van der Waals surface area contributed by atoms with Crippen molar-refractivity contribution >= 4 is 0 Å². The van der Waals surface area contributed by atoms with Gasteiger partial charge in [0.05, 0.1) is 0 Å². The van der Waals surface area contributed by atoms with Gasteiger partial charge in [0.25, 0.3) is 0 Å². The predicted molar refractivity (Wildman–Crippen MR) is 78.0 cm³/mol. The van der Waals surface area contributed by atoms with Gasteiger partial charge in [-0.1, -0.05) is 27.2 Å². The predicted octanol–water partition coefficient (Wildman–Crippen LogP) is 2.51. The molecule has 3 atom stereocenters. The summed E-state index contributed by atoms with van der Waals surface area (Å²) in [7, 11) is 1.80. The topological polar surface area (TPSA) is 24.5 Å². The largest absolute Gasteiger partial charge is 0.385 e. The van der Waals surface area contributed by atoms with Crippen LogP contribution < -0.4 is 5.32 Å². The van der Waals surface area contributed by atoms with E-state index in [0.717, 1.165) is 19.6 Å². The number of nitrogens with zero attached hydrogens (tertiary/aromatic N) is 1. The Balaban J connectivity index is 2.59. The van der Waals surface area contributed by atoms with Crippen LogP contribution in [0.25, 0.3) is 0 Å². The number of rotatable bonds is 7. The van der Waals surface area contributed by atoms with Gasteiger partial charge < -0.3 is 10.1 Å². The highest BCUT2D eigenvalue weighted by molar-refractivity contribution is 4.90. The first-order valence-electron chi connectivity index (χ1n) is 7.58. The molecule has 1 saturated heterocycles. The lowest BCUT2D eigenvalue weighted by molar-refractivity contribution is 0.0450. The molecular weight excluding hydrogens is 224 g/mol. The molecule has 0 radical (unpaired) electrons. The standard InChI is InChI=1S/C15H32N2O/c1-6-7-14-11-17(13(4)8-9-18-5)15(10-16-14)12(2)3/h12-16H,6-11H2,1-5H3. The molecule has 0 saturated carbocycles. The van der Waals surface area contributed by atoms with Gasteiger partial charge in [0.1, 0.15) is 0 Å². The smallest absolute Gasteiger partial charge is 0.0477 e. The Kier molecular flexibility index (Phi) is 7.20. The van der Waals surface area contributed by atoms with E-state index in [9.17, 15) is 0 Å². The lowest BCUT2D eigenvalue weighted by atomic mass is 9.95. The summed E-state index contributed by atoms with van der Waals surface area (Å²) in [6.07, 6.45) is 3.70. The van der Waals surface area contributed by atoms with Crippen molar-refractivity contribution in [2.24, 2.45) is 5.92 Å². The van der Waals surface area contributed by atoms with Gasteiger partial charge in [0.2, 0.25) is 0 Å². The molecule has 1 aliphatic heterocycles. The summed E-state index contributed by atoms with van der Waals surface area (Å²) in [6, 6.07) is 1.97. The molecule has 18 heavy (non-hydrogen) atoms. The molecule has 0 aliphatic carbocycles. The lowest BCUT2D eigenvalue weighted by Crippen LogP contribution is -2.60. The van der Waals surface area contributed by atoms with Crippen LogP contribution in [-0.4, -0.2) is 49.8 Å². The Labute approximate surface area is 113 Å². The highest BCUT2D eigenvalue weighted by Gasteiger charge is 2.32. The number of hydrogen-bond donors (Lipinski definition) is 1. The van der Waals surface area contributed by atoms with E-state index in [1.165, 1.54) is 19.4 Å². The highest BCUT2D eigenvalue weighted by Crippen LogP contribution is 2.21. The Hall–Kier alpha value is -0.120. The average Bonchev–Trinajstić information content (AvgIpc) is 2.36. The minimum Gasteiger partial charge on any atom is -0.385 e. The molecule has 1 rings (SSSR count). The summed E-state index contributed by atoms with van der Waals surface area (Å²) in [5.41, 5.74) is 0. The Morgan fingerprint density at radius 2 is 2.06 bits per heavy atom.